The third kappa shape index (κ3) is 4.27. The summed E-state index contributed by atoms with van der Waals surface area (Å²) >= 11 is 3.44. The first-order valence-corrected chi connectivity index (χ1v) is 11.8. The van der Waals surface area contributed by atoms with Crippen molar-refractivity contribution in [3.63, 3.8) is 0 Å². The second-order valence-electron chi connectivity index (χ2n) is 7.60. The molecule has 0 bridgehead atoms. The Labute approximate surface area is 173 Å². The van der Waals surface area contributed by atoms with Crippen LogP contribution in [0.15, 0.2) is 38.2 Å². The molecule has 0 radical (unpaired) electrons. The third-order valence-corrected chi connectivity index (χ3v) is 7.56. The molecule has 1 aromatic heterocycles. The summed E-state index contributed by atoms with van der Waals surface area (Å²) in [6.45, 7) is 2.63. The number of benzene rings is 1. The standard InChI is InChI=1S/C19H24BrN3O4S/c1-13-9-15(27-23-13)11-21-18-4-3-16(10-17(18)20)28(24,25)22-12-14-5-8-19(26-14)6-2-7-19/h3-4,9-10,14,21-22H,2,5-8,11-12H2,1H3. The van der Waals surface area contributed by atoms with Gasteiger partial charge in [-0.25, -0.2) is 13.1 Å². The van der Waals surface area contributed by atoms with Crippen molar-refractivity contribution in [3.05, 3.63) is 40.2 Å². The number of hydrogen-bond donors (Lipinski definition) is 2. The molecule has 28 heavy (non-hydrogen) atoms. The molecule has 1 aromatic carbocycles. The van der Waals surface area contributed by atoms with E-state index in [0.717, 1.165) is 37.1 Å². The molecule has 1 aliphatic heterocycles. The Morgan fingerprint density at radius 1 is 1.29 bits per heavy atom. The summed E-state index contributed by atoms with van der Waals surface area (Å²) in [4.78, 5) is 0.219. The van der Waals surface area contributed by atoms with Crippen LogP contribution in [-0.2, 0) is 21.3 Å². The number of aryl methyl sites for hydroxylation is 1. The molecule has 0 amide bonds. The maximum absolute atomic E-state index is 12.6. The maximum Gasteiger partial charge on any atom is 0.240 e. The van der Waals surface area contributed by atoms with E-state index in [9.17, 15) is 8.42 Å². The predicted molar refractivity (Wildman–Crippen MR) is 109 cm³/mol. The SMILES string of the molecule is Cc1cc(CNc2ccc(S(=O)(=O)NCC3CCC4(CCC4)O3)cc2Br)on1. The van der Waals surface area contributed by atoms with E-state index in [4.69, 9.17) is 9.26 Å². The number of nitrogens with one attached hydrogen (secondary N) is 2. The van der Waals surface area contributed by atoms with Crippen LogP contribution in [0.3, 0.4) is 0 Å². The topological polar surface area (TPSA) is 93.5 Å². The molecule has 1 aliphatic carbocycles. The van der Waals surface area contributed by atoms with Gasteiger partial charge in [-0.2, -0.15) is 0 Å². The number of sulfonamides is 1. The lowest BCUT2D eigenvalue weighted by atomic mass is 9.78. The number of anilines is 1. The van der Waals surface area contributed by atoms with Crippen molar-refractivity contribution >= 4 is 31.6 Å². The molecule has 9 heteroatoms. The average molecular weight is 470 g/mol. The highest BCUT2D eigenvalue weighted by Gasteiger charge is 2.44. The number of aromatic nitrogens is 1. The number of ether oxygens (including phenoxy) is 1. The van der Waals surface area contributed by atoms with Crippen molar-refractivity contribution in [1.82, 2.24) is 9.88 Å². The minimum absolute atomic E-state index is 0.0362. The fraction of sp³-hybridized carbons (Fsp3) is 0.526. The van der Waals surface area contributed by atoms with Gasteiger partial charge < -0.3 is 14.6 Å². The molecule has 2 fully saturated rings. The van der Waals surface area contributed by atoms with Gasteiger partial charge in [-0.05, 0) is 73.2 Å². The van der Waals surface area contributed by atoms with Gasteiger partial charge in [0.25, 0.3) is 0 Å². The van der Waals surface area contributed by atoms with Crippen LogP contribution in [0, 0.1) is 6.92 Å². The van der Waals surface area contributed by atoms with Gasteiger partial charge in [0.2, 0.25) is 10.0 Å². The maximum atomic E-state index is 12.6. The first-order chi connectivity index (χ1) is 13.4. The first-order valence-electron chi connectivity index (χ1n) is 9.48. The summed E-state index contributed by atoms with van der Waals surface area (Å²) < 4.78 is 39.9. The molecule has 2 aliphatic rings. The van der Waals surface area contributed by atoms with Crippen LogP contribution in [0.25, 0.3) is 0 Å². The molecule has 1 atom stereocenters. The van der Waals surface area contributed by atoms with Gasteiger partial charge in [0, 0.05) is 22.8 Å². The summed E-state index contributed by atoms with van der Waals surface area (Å²) in [6, 6.07) is 6.77. The van der Waals surface area contributed by atoms with Gasteiger partial charge in [0.15, 0.2) is 5.76 Å². The molecule has 152 valence electrons. The molecule has 2 heterocycles. The van der Waals surface area contributed by atoms with E-state index < -0.39 is 10.0 Å². The number of nitrogens with zero attached hydrogens (tertiary/aromatic N) is 1. The quantitative estimate of drug-likeness (QED) is 0.641. The predicted octanol–water partition coefficient (Wildman–Crippen LogP) is 3.74. The third-order valence-electron chi connectivity index (χ3n) is 5.49. The molecule has 2 N–H and O–H groups in total. The van der Waals surface area contributed by atoms with Crippen LogP contribution in [0.4, 0.5) is 5.69 Å². The highest BCUT2D eigenvalue weighted by atomic mass is 79.9. The van der Waals surface area contributed by atoms with Crippen molar-refractivity contribution in [2.24, 2.45) is 0 Å². The van der Waals surface area contributed by atoms with E-state index in [1.807, 2.05) is 13.0 Å². The summed E-state index contributed by atoms with van der Waals surface area (Å²) in [5, 5.41) is 7.05. The van der Waals surface area contributed by atoms with Gasteiger partial charge in [0.1, 0.15) is 0 Å². The summed E-state index contributed by atoms with van der Waals surface area (Å²) in [6.07, 6.45) is 5.33. The van der Waals surface area contributed by atoms with Crippen LogP contribution in [-0.4, -0.2) is 31.8 Å². The van der Waals surface area contributed by atoms with Gasteiger partial charge >= 0.3 is 0 Å². The zero-order valence-corrected chi connectivity index (χ0v) is 18.1. The molecular formula is C19H24BrN3O4S. The summed E-state index contributed by atoms with van der Waals surface area (Å²) in [7, 11) is -3.59. The van der Waals surface area contributed by atoms with E-state index >= 15 is 0 Å². The fourth-order valence-corrected chi connectivity index (χ4v) is 5.52. The largest absolute Gasteiger partial charge is 0.377 e. The Morgan fingerprint density at radius 2 is 2.11 bits per heavy atom. The van der Waals surface area contributed by atoms with E-state index in [-0.39, 0.29) is 16.6 Å². The highest BCUT2D eigenvalue weighted by molar-refractivity contribution is 9.10. The van der Waals surface area contributed by atoms with Crippen molar-refractivity contribution in [3.8, 4) is 0 Å². The zero-order chi connectivity index (χ0) is 19.8. The van der Waals surface area contributed by atoms with Crippen molar-refractivity contribution in [1.29, 1.82) is 0 Å². The second-order valence-corrected chi connectivity index (χ2v) is 10.2. The minimum Gasteiger partial charge on any atom is -0.377 e. The number of hydrogen-bond acceptors (Lipinski definition) is 6. The normalized spacial score (nSPS) is 21.0. The van der Waals surface area contributed by atoms with Crippen LogP contribution in [0.2, 0.25) is 0 Å². The molecule has 7 nitrogen and oxygen atoms in total. The van der Waals surface area contributed by atoms with Gasteiger partial charge in [-0.3, -0.25) is 0 Å². The summed E-state index contributed by atoms with van der Waals surface area (Å²) in [5.74, 6) is 0.712. The van der Waals surface area contributed by atoms with Gasteiger partial charge in [0.05, 0.1) is 28.8 Å². The van der Waals surface area contributed by atoms with Crippen molar-refractivity contribution in [2.45, 2.75) is 62.2 Å². The zero-order valence-electron chi connectivity index (χ0n) is 15.7. The van der Waals surface area contributed by atoms with E-state index in [1.54, 1.807) is 18.2 Å². The Balaban J connectivity index is 1.35. The Bertz CT molecular complexity index is 956. The van der Waals surface area contributed by atoms with E-state index in [2.05, 4.69) is 31.1 Å². The molecular weight excluding hydrogens is 446 g/mol. The van der Waals surface area contributed by atoms with Gasteiger partial charge in [-0.1, -0.05) is 5.16 Å². The van der Waals surface area contributed by atoms with Crippen LogP contribution >= 0.6 is 15.9 Å². The summed E-state index contributed by atoms with van der Waals surface area (Å²) in [5.41, 5.74) is 1.63. The minimum atomic E-state index is -3.59. The molecule has 4 rings (SSSR count). The molecule has 1 saturated heterocycles. The van der Waals surface area contributed by atoms with E-state index in [0.29, 0.717) is 23.3 Å². The Morgan fingerprint density at radius 3 is 2.71 bits per heavy atom. The Kier molecular flexibility index (Phi) is 5.52. The second kappa shape index (κ2) is 7.78. The van der Waals surface area contributed by atoms with Crippen LogP contribution < -0.4 is 10.0 Å². The highest BCUT2D eigenvalue weighted by Crippen LogP contribution is 2.45. The van der Waals surface area contributed by atoms with E-state index in [1.165, 1.54) is 6.42 Å². The van der Waals surface area contributed by atoms with Crippen LogP contribution in [0.5, 0.6) is 0 Å². The average Bonchev–Trinajstić information content (AvgIpc) is 3.25. The molecule has 1 unspecified atom stereocenters. The van der Waals surface area contributed by atoms with Crippen LogP contribution in [0.1, 0.15) is 43.6 Å². The van der Waals surface area contributed by atoms with Gasteiger partial charge in [-0.15, -0.1) is 0 Å². The van der Waals surface area contributed by atoms with Crippen molar-refractivity contribution in [2.75, 3.05) is 11.9 Å². The lowest BCUT2D eigenvalue weighted by molar-refractivity contribution is -0.0885. The molecule has 2 aromatic rings. The molecule has 1 spiro atoms. The Hall–Kier alpha value is -1.42. The first kappa shape index (κ1) is 19.9. The monoisotopic (exact) mass is 469 g/mol. The number of halogens is 1. The smallest absolute Gasteiger partial charge is 0.240 e. The number of rotatable bonds is 7. The van der Waals surface area contributed by atoms with Crippen molar-refractivity contribution < 1.29 is 17.7 Å². The lowest BCUT2D eigenvalue weighted by Crippen LogP contribution is -2.39. The lowest BCUT2D eigenvalue weighted by Gasteiger charge is -2.37. The fourth-order valence-electron chi connectivity index (χ4n) is 3.75. The molecule has 1 saturated carbocycles.